The van der Waals surface area contributed by atoms with Crippen LogP contribution in [-0.4, -0.2) is 40.7 Å². The van der Waals surface area contributed by atoms with Crippen molar-refractivity contribution in [3.8, 4) is 0 Å². The molecule has 0 rings (SSSR count). The second kappa shape index (κ2) is 13.9. The number of carbonyl (C=O) groups is 3. The van der Waals surface area contributed by atoms with Gasteiger partial charge in [0, 0.05) is 0 Å². The Labute approximate surface area is 142 Å². The van der Waals surface area contributed by atoms with E-state index in [1.54, 1.807) is 0 Å². The van der Waals surface area contributed by atoms with Crippen LogP contribution >= 0.6 is 0 Å². The van der Waals surface area contributed by atoms with Gasteiger partial charge in [-0.05, 0) is 0 Å². The normalized spacial score (nSPS) is 9.95. The van der Waals surface area contributed by atoms with E-state index in [9.17, 15) is 14.4 Å². The third-order valence-electron chi connectivity index (χ3n) is 2.89. The Hall–Kier alpha value is -0.720. The van der Waals surface area contributed by atoms with E-state index < -0.39 is 40.7 Å². The summed E-state index contributed by atoms with van der Waals surface area (Å²) in [6, 6.07) is 0. The molecule has 0 aromatic rings. The number of unbranched alkanes of at least 4 members (excludes halogenated alkanes) is 3. The van der Waals surface area contributed by atoms with Gasteiger partial charge in [-0.2, -0.15) is 0 Å². The summed E-state index contributed by atoms with van der Waals surface area (Å²) in [7, 11) is 0. The first-order valence-electron chi connectivity index (χ1n) is 8.11. The summed E-state index contributed by atoms with van der Waals surface area (Å²) in [6.45, 7) is 5.89. The van der Waals surface area contributed by atoms with Crippen LogP contribution < -0.4 is 0 Å². The zero-order chi connectivity index (χ0) is 16.8. The molecule has 0 aromatic carbocycles. The predicted molar refractivity (Wildman–Crippen MR) is 82.6 cm³/mol. The molecule has 6 nitrogen and oxygen atoms in total. The van der Waals surface area contributed by atoms with Crippen molar-refractivity contribution in [3.63, 3.8) is 0 Å². The minimum absolute atomic E-state index is 0.253. The zero-order valence-corrected chi connectivity index (χ0v) is 17.2. The van der Waals surface area contributed by atoms with E-state index in [2.05, 4.69) is 0 Å². The molecule has 7 heteroatoms. The molecule has 0 amide bonds. The first-order valence-corrected chi connectivity index (χ1v) is 12.2. The first-order chi connectivity index (χ1) is 10.5. The summed E-state index contributed by atoms with van der Waals surface area (Å²) in [6.07, 6.45) is 5.45. The van der Waals surface area contributed by atoms with Crippen LogP contribution in [0, 0.1) is 0 Å². The van der Waals surface area contributed by atoms with Crippen molar-refractivity contribution in [2.24, 2.45) is 0 Å². The molecule has 126 valence electrons. The average Bonchev–Trinajstić information content (AvgIpc) is 2.48. The molecule has 0 saturated carbocycles. The van der Waals surface area contributed by atoms with Crippen LogP contribution in [0.4, 0.5) is 0 Å². The fourth-order valence-corrected chi connectivity index (χ4v) is 4.79. The van der Waals surface area contributed by atoms with Crippen molar-refractivity contribution in [2.75, 3.05) is 0 Å². The molecule has 0 radical (unpaired) electrons. The summed E-state index contributed by atoms with van der Waals surface area (Å²) < 4.78 is 15.4. The van der Waals surface area contributed by atoms with Gasteiger partial charge in [0.15, 0.2) is 0 Å². The molecule has 0 N–H and O–H groups in total. The van der Waals surface area contributed by atoms with Crippen LogP contribution in [-0.2, 0) is 22.9 Å². The molecule has 0 fully saturated rings. The Kier molecular flexibility index (Phi) is 13.5. The fraction of sp³-hybridized carbons (Fsp3) is 0.800. The van der Waals surface area contributed by atoms with Gasteiger partial charge < -0.3 is 0 Å². The second-order valence-electron chi connectivity index (χ2n) is 5.07. The van der Waals surface area contributed by atoms with Gasteiger partial charge >= 0.3 is 142 Å². The molecule has 0 aliphatic heterocycles. The second-order valence-corrected chi connectivity index (χ2v) is 8.73. The molecule has 0 unspecified atom stereocenters. The van der Waals surface area contributed by atoms with Gasteiger partial charge in [0.2, 0.25) is 0 Å². The van der Waals surface area contributed by atoms with E-state index in [1.807, 2.05) is 20.8 Å². The fourth-order valence-electron chi connectivity index (χ4n) is 1.53. The Balaban J connectivity index is 4.44. The molecule has 0 saturated heterocycles. The van der Waals surface area contributed by atoms with Crippen molar-refractivity contribution >= 4 is 40.7 Å². The van der Waals surface area contributed by atoms with Crippen LogP contribution in [0.3, 0.4) is 0 Å². The van der Waals surface area contributed by atoms with Crippen LogP contribution in [0.2, 0.25) is 0 Å². The predicted octanol–water partition coefficient (Wildman–Crippen LogP) is 3.17. The summed E-state index contributed by atoms with van der Waals surface area (Å²) >= 11 is -3.86. The minimum atomic E-state index is -3.86. The van der Waals surface area contributed by atoms with Crippen LogP contribution in [0.5, 0.6) is 0 Å². The quantitative estimate of drug-likeness (QED) is 0.485. The molecule has 0 aliphatic carbocycles. The third kappa shape index (κ3) is 11.9. The molecule has 0 aromatic heterocycles. The zero-order valence-electron chi connectivity index (χ0n) is 13.9. The SMILES string of the molecule is CCCCC(=O)[O][In]([O]C(=O)CCCC)[O]C(=O)CCCC. The molecule has 0 atom stereocenters. The maximum atomic E-state index is 11.7. The van der Waals surface area contributed by atoms with Gasteiger partial charge in [-0.25, -0.2) is 0 Å². The van der Waals surface area contributed by atoms with Crippen LogP contribution in [0.15, 0.2) is 0 Å². The molecule has 0 heterocycles. The van der Waals surface area contributed by atoms with Gasteiger partial charge in [0.25, 0.3) is 0 Å². The van der Waals surface area contributed by atoms with Crippen molar-refractivity contribution < 1.29 is 22.9 Å². The van der Waals surface area contributed by atoms with E-state index in [4.69, 9.17) is 8.56 Å². The summed E-state index contributed by atoms with van der Waals surface area (Å²) in [4.78, 5) is 35.0. The van der Waals surface area contributed by atoms with Crippen molar-refractivity contribution in [1.82, 2.24) is 0 Å². The van der Waals surface area contributed by atoms with Crippen LogP contribution in [0.1, 0.15) is 78.6 Å². The Morgan fingerprint density at radius 3 is 1.14 bits per heavy atom. The molecular weight excluding hydrogens is 391 g/mol. The average molecular weight is 418 g/mol. The van der Waals surface area contributed by atoms with Crippen molar-refractivity contribution in [2.45, 2.75) is 78.6 Å². The van der Waals surface area contributed by atoms with Gasteiger partial charge in [0.05, 0.1) is 0 Å². The summed E-state index contributed by atoms with van der Waals surface area (Å²) in [5.74, 6) is -1.35. The topological polar surface area (TPSA) is 78.9 Å². The van der Waals surface area contributed by atoms with Crippen molar-refractivity contribution in [1.29, 1.82) is 0 Å². The summed E-state index contributed by atoms with van der Waals surface area (Å²) in [5.41, 5.74) is 0. The maximum absolute atomic E-state index is 11.7. The van der Waals surface area contributed by atoms with Gasteiger partial charge in [-0.15, -0.1) is 0 Å². The molecular formula is C15H27InO6. The van der Waals surface area contributed by atoms with Crippen molar-refractivity contribution in [3.05, 3.63) is 0 Å². The van der Waals surface area contributed by atoms with E-state index in [1.165, 1.54) is 0 Å². The monoisotopic (exact) mass is 418 g/mol. The first kappa shape index (κ1) is 21.3. The van der Waals surface area contributed by atoms with E-state index in [0.29, 0.717) is 19.3 Å². The number of rotatable bonds is 12. The van der Waals surface area contributed by atoms with Gasteiger partial charge in [-0.3, -0.25) is 0 Å². The molecule has 0 bridgehead atoms. The molecule has 0 spiro atoms. The van der Waals surface area contributed by atoms with E-state index in [-0.39, 0.29) is 19.3 Å². The third-order valence-corrected chi connectivity index (χ3v) is 6.79. The number of hydrogen-bond acceptors (Lipinski definition) is 6. The van der Waals surface area contributed by atoms with E-state index >= 15 is 0 Å². The molecule has 0 aliphatic rings. The summed E-state index contributed by atoms with van der Waals surface area (Å²) in [5, 5.41) is 0. The molecule has 22 heavy (non-hydrogen) atoms. The van der Waals surface area contributed by atoms with Gasteiger partial charge in [0.1, 0.15) is 0 Å². The Morgan fingerprint density at radius 2 is 0.909 bits per heavy atom. The standard InChI is InChI=1S/3C5H10O2.In/c3*1-2-3-4-5(6)7;/h3*2-4H2,1H3,(H,6,7);/q;;;+3/p-3. The number of carbonyl (C=O) groups excluding carboxylic acids is 3. The van der Waals surface area contributed by atoms with E-state index in [0.717, 1.165) is 19.3 Å². The Bertz CT molecular complexity index is 293. The number of hydrogen-bond donors (Lipinski definition) is 0. The van der Waals surface area contributed by atoms with Gasteiger partial charge in [-0.1, -0.05) is 0 Å². The van der Waals surface area contributed by atoms with Crippen LogP contribution in [0.25, 0.3) is 0 Å². The Morgan fingerprint density at radius 1 is 0.636 bits per heavy atom.